The molecule has 0 bridgehead atoms. The van der Waals surface area contributed by atoms with Crippen LogP contribution in [0.2, 0.25) is 0 Å². The molecule has 7 heteroatoms. The molecule has 0 saturated heterocycles. The summed E-state index contributed by atoms with van der Waals surface area (Å²) in [5.74, 6) is 1.82. The van der Waals surface area contributed by atoms with Gasteiger partial charge in [-0.3, -0.25) is 9.48 Å². The van der Waals surface area contributed by atoms with Crippen LogP contribution in [0.25, 0.3) is 0 Å². The van der Waals surface area contributed by atoms with Crippen LogP contribution < -0.4 is 5.32 Å². The van der Waals surface area contributed by atoms with Gasteiger partial charge in [-0.25, -0.2) is 0 Å². The highest BCUT2D eigenvalue weighted by molar-refractivity contribution is 5.79. The van der Waals surface area contributed by atoms with Crippen LogP contribution in [0.15, 0.2) is 18.5 Å². The number of aryl methyl sites for hydroxylation is 1. The van der Waals surface area contributed by atoms with Crippen molar-refractivity contribution in [3.63, 3.8) is 0 Å². The number of nitrogens with one attached hydrogen (secondary N) is 1. The third-order valence-corrected chi connectivity index (χ3v) is 3.64. The topological polar surface area (TPSA) is 77.6 Å². The summed E-state index contributed by atoms with van der Waals surface area (Å²) in [6, 6.07) is 1.55. The van der Waals surface area contributed by atoms with Crippen LogP contribution >= 0.6 is 0 Å². The largest absolute Gasteiger partial charge is 0.347 e. The second kappa shape index (κ2) is 5.44. The zero-order valence-electron chi connectivity index (χ0n) is 11.5. The highest BCUT2D eigenvalue weighted by atomic mass is 16.2. The minimum Gasteiger partial charge on any atom is -0.347 e. The van der Waals surface area contributed by atoms with Crippen molar-refractivity contribution in [1.82, 2.24) is 29.9 Å². The Hall–Kier alpha value is -2.18. The molecule has 0 saturated carbocycles. The predicted molar refractivity (Wildman–Crippen MR) is 71.7 cm³/mol. The highest BCUT2D eigenvalue weighted by Gasteiger charge is 2.21. The van der Waals surface area contributed by atoms with Gasteiger partial charge in [0.05, 0.1) is 6.54 Å². The second-order valence-corrected chi connectivity index (χ2v) is 4.92. The molecule has 0 spiro atoms. The lowest BCUT2D eigenvalue weighted by atomic mass is 10.2. The van der Waals surface area contributed by atoms with Gasteiger partial charge in [0.15, 0.2) is 5.82 Å². The first-order chi connectivity index (χ1) is 9.79. The molecular formula is C13H18N6O. The Morgan fingerprint density at radius 1 is 1.50 bits per heavy atom. The first kappa shape index (κ1) is 12.8. The number of fused-ring (bicyclic) bond motifs is 1. The monoisotopic (exact) mass is 274 g/mol. The van der Waals surface area contributed by atoms with E-state index in [1.807, 2.05) is 19.2 Å². The van der Waals surface area contributed by atoms with Gasteiger partial charge in [0.1, 0.15) is 11.9 Å². The molecule has 2 aromatic rings. The summed E-state index contributed by atoms with van der Waals surface area (Å²) in [4.78, 5) is 12.2. The van der Waals surface area contributed by atoms with Crippen molar-refractivity contribution in [3.05, 3.63) is 30.1 Å². The average molecular weight is 274 g/mol. The van der Waals surface area contributed by atoms with Crippen molar-refractivity contribution < 1.29 is 4.79 Å². The Balaban J connectivity index is 1.64. The lowest BCUT2D eigenvalue weighted by Gasteiger charge is -2.15. The molecule has 20 heavy (non-hydrogen) atoms. The predicted octanol–water partition coefficient (Wildman–Crippen LogP) is 0.688. The summed E-state index contributed by atoms with van der Waals surface area (Å²) < 4.78 is 3.78. The van der Waals surface area contributed by atoms with E-state index < -0.39 is 0 Å². The van der Waals surface area contributed by atoms with Crippen LogP contribution in [0.3, 0.4) is 0 Å². The Morgan fingerprint density at radius 3 is 3.15 bits per heavy atom. The van der Waals surface area contributed by atoms with Crippen molar-refractivity contribution >= 4 is 5.91 Å². The number of carbonyl (C=O) groups is 1. The maximum absolute atomic E-state index is 12.2. The number of carbonyl (C=O) groups excluding carboxylic acids is 1. The number of hydrogen-bond acceptors (Lipinski definition) is 4. The molecule has 0 aromatic carbocycles. The molecule has 1 aliphatic rings. The van der Waals surface area contributed by atoms with E-state index in [0.717, 1.165) is 31.0 Å². The van der Waals surface area contributed by atoms with E-state index in [0.29, 0.717) is 13.0 Å². The zero-order chi connectivity index (χ0) is 13.9. The van der Waals surface area contributed by atoms with Gasteiger partial charge in [-0.15, -0.1) is 10.2 Å². The lowest BCUT2D eigenvalue weighted by molar-refractivity contribution is -0.124. The Labute approximate surface area is 117 Å². The van der Waals surface area contributed by atoms with E-state index in [9.17, 15) is 4.79 Å². The number of rotatable bonds is 5. The first-order valence-electron chi connectivity index (χ1n) is 6.97. The van der Waals surface area contributed by atoms with Crippen molar-refractivity contribution in [2.24, 2.45) is 0 Å². The number of nitrogens with zero attached hydrogens (tertiary/aromatic N) is 5. The third kappa shape index (κ3) is 2.31. The molecule has 0 unspecified atom stereocenters. The van der Waals surface area contributed by atoms with Gasteiger partial charge in [-0.05, 0) is 18.9 Å². The quantitative estimate of drug-likeness (QED) is 0.870. The molecule has 2 aromatic heterocycles. The first-order valence-corrected chi connectivity index (χ1v) is 6.97. The summed E-state index contributed by atoms with van der Waals surface area (Å²) in [5.41, 5.74) is 0. The number of amides is 1. The average Bonchev–Trinajstić information content (AvgIpc) is 3.15. The zero-order valence-corrected chi connectivity index (χ0v) is 11.5. The molecule has 0 fully saturated rings. The van der Waals surface area contributed by atoms with Gasteiger partial charge < -0.3 is 9.88 Å². The molecular weight excluding hydrogens is 256 g/mol. The molecule has 1 amide bonds. The van der Waals surface area contributed by atoms with Gasteiger partial charge >= 0.3 is 0 Å². The minimum atomic E-state index is -0.272. The molecule has 0 aliphatic carbocycles. The maximum atomic E-state index is 12.2. The smallest absolute Gasteiger partial charge is 0.245 e. The van der Waals surface area contributed by atoms with E-state index in [1.165, 1.54) is 0 Å². The number of hydrogen-bond donors (Lipinski definition) is 1. The number of aromatic nitrogens is 5. The van der Waals surface area contributed by atoms with Crippen LogP contribution in [-0.4, -0.2) is 30.5 Å². The summed E-state index contributed by atoms with van der Waals surface area (Å²) in [5, 5.41) is 15.3. The fourth-order valence-electron chi connectivity index (χ4n) is 2.58. The second-order valence-electron chi connectivity index (χ2n) is 4.92. The van der Waals surface area contributed by atoms with Gasteiger partial charge in [0.2, 0.25) is 5.91 Å². The molecule has 3 heterocycles. The van der Waals surface area contributed by atoms with E-state index in [2.05, 4.69) is 25.2 Å². The van der Waals surface area contributed by atoms with Gasteiger partial charge in [0, 0.05) is 25.4 Å². The Morgan fingerprint density at radius 2 is 2.40 bits per heavy atom. The maximum Gasteiger partial charge on any atom is 0.245 e. The highest BCUT2D eigenvalue weighted by Crippen LogP contribution is 2.14. The van der Waals surface area contributed by atoms with Crippen LogP contribution in [0, 0.1) is 0 Å². The molecule has 3 rings (SSSR count). The Kier molecular flexibility index (Phi) is 3.49. The summed E-state index contributed by atoms with van der Waals surface area (Å²) in [7, 11) is 0. The summed E-state index contributed by atoms with van der Waals surface area (Å²) in [6.45, 7) is 3.34. The van der Waals surface area contributed by atoms with Gasteiger partial charge in [-0.2, -0.15) is 5.10 Å². The molecule has 1 aliphatic heterocycles. The lowest BCUT2D eigenvalue weighted by Crippen LogP contribution is -2.33. The van der Waals surface area contributed by atoms with Crippen molar-refractivity contribution in [2.75, 3.05) is 0 Å². The molecule has 1 N–H and O–H groups in total. The van der Waals surface area contributed by atoms with E-state index in [-0.39, 0.29) is 11.9 Å². The van der Waals surface area contributed by atoms with Gasteiger partial charge in [0.25, 0.3) is 0 Å². The fraction of sp³-hybridized carbons (Fsp3) is 0.538. The molecule has 106 valence electrons. The Bertz CT molecular complexity index is 588. The van der Waals surface area contributed by atoms with E-state index in [4.69, 9.17) is 0 Å². The van der Waals surface area contributed by atoms with Crippen LogP contribution in [0.4, 0.5) is 0 Å². The third-order valence-electron chi connectivity index (χ3n) is 3.64. The summed E-state index contributed by atoms with van der Waals surface area (Å²) in [6.07, 6.45) is 6.28. The van der Waals surface area contributed by atoms with Crippen LogP contribution in [0.5, 0.6) is 0 Å². The van der Waals surface area contributed by atoms with Crippen LogP contribution in [0.1, 0.15) is 37.5 Å². The van der Waals surface area contributed by atoms with Crippen molar-refractivity contribution in [1.29, 1.82) is 0 Å². The van der Waals surface area contributed by atoms with Crippen molar-refractivity contribution in [3.8, 4) is 0 Å². The fourth-order valence-corrected chi connectivity index (χ4v) is 2.58. The molecule has 0 radical (unpaired) electrons. The summed E-state index contributed by atoms with van der Waals surface area (Å²) >= 11 is 0. The standard InChI is InChI=1S/C13H18N6O/c1-2-10(19-8-4-6-15-19)13(20)14-9-12-17-16-11-5-3-7-18(11)12/h4,6,8,10H,2-3,5,7,9H2,1H3,(H,14,20)/t10-/m0/s1. The normalized spacial score (nSPS) is 15.1. The van der Waals surface area contributed by atoms with Gasteiger partial charge in [-0.1, -0.05) is 6.92 Å². The van der Waals surface area contributed by atoms with E-state index >= 15 is 0 Å². The minimum absolute atomic E-state index is 0.0356. The SMILES string of the molecule is CC[C@@H](C(=O)NCc1nnc2n1CCC2)n1cccn1. The van der Waals surface area contributed by atoms with Crippen LogP contribution in [-0.2, 0) is 24.3 Å². The molecule has 1 atom stereocenters. The van der Waals surface area contributed by atoms with Crippen molar-refractivity contribution in [2.45, 2.75) is 45.3 Å². The molecule has 7 nitrogen and oxygen atoms in total. The van der Waals surface area contributed by atoms with E-state index in [1.54, 1.807) is 10.9 Å².